The summed E-state index contributed by atoms with van der Waals surface area (Å²) in [6.45, 7) is 2.36. The Labute approximate surface area is 169 Å². The topological polar surface area (TPSA) is 61.0 Å². The monoisotopic (exact) mass is 382 g/mol. The van der Waals surface area contributed by atoms with E-state index in [1.165, 1.54) is 5.56 Å². The molecule has 1 aliphatic rings. The molecule has 0 saturated carbocycles. The van der Waals surface area contributed by atoms with Crippen LogP contribution in [-0.4, -0.2) is 21.4 Å². The largest absolute Gasteiger partial charge is 0.325 e. The normalized spacial score (nSPS) is 13.9. The highest BCUT2D eigenvalue weighted by molar-refractivity contribution is 5.94. The van der Waals surface area contributed by atoms with Crippen molar-refractivity contribution in [2.45, 2.75) is 19.5 Å². The number of aromatic amines is 1. The van der Waals surface area contributed by atoms with Gasteiger partial charge in [0.2, 0.25) is 5.95 Å². The molecule has 0 unspecified atom stereocenters. The van der Waals surface area contributed by atoms with Gasteiger partial charge in [-0.05, 0) is 17.0 Å². The lowest BCUT2D eigenvalue weighted by atomic mass is 10.1. The number of hydrogen-bond acceptors (Lipinski definition) is 4. The zero-order valence-electron chi connectivity index (χ0n) is 16.1. The summed E-state index contributed by atoms with van der Waals surface area (Å²) in [5.41, 5.74) is 3.80. The van der Waals surface area contributed by atoms with Crippen LogP contribution in [-0.2, 0) is 19.5 Å². The third kappa shape index (κ3) is 3.65. The highest BCUT2D eigenvalue weighted by atomic mass is 16.1. The predicted octanol–water partition coefficient (Wildman–Crippen LogP) is 4.23. The van der Waals surface area contributed by atoms with Crippen LogP contribution < -0.4 is 10.9 Å². The molecule has 0 radical (unpaired) electrons. The summed E-state index contributed by atoms with van der Waals surface area (Å²) in [5, 5.41) is 5.56. The van der Waals surface area contributed by atoms with Crippen molar-refractivity contribution in [3.63, 3.8) is 0 Å². The number of nitrogens with one attached hydrogen (secondary N) is 2. The zero-order chi connectivity index (χ0) is 19.6. The number of aromatic nitrogens is 2. The summed E-state index contributed by atoms with van der Waals surface area (Å²) in [7, 11) is 0. The Hall–Kier alpha value is -3.44. The van der Waals surface area contributed by atoms with E-state index in [1.54, 1.807) is 0 Å². The average Bonchev–Trinajstić information content (AvgIpc) is 2.75. The van der Waals surface area contributed by atoms with Crippen molar-refractivity contribution in [1.29, 1.82) is 0 Å². The maximum atomic E-state index is 12.8. The first-order valence-corrected chi connectivity index (χ1v) is 9.89. The van der Waals surface area contributed by atoms with Gasteiger partial charge in [-0.1, -0.05) is 66.7 Å². The third-order valence-corrected chi connectivity index (χ3v) is 5.44. The lowest BCUT2D eigenvalue weighted by molar-refractivity contribution is 0.242. The van der Waals surface area contributed by atoms with E-state index in [9.17, 15) is 4.79 Å². The first-order chi connectivity index (χ1) is 14.3. The van der Waals surface area contributed by atoms with Crippen molar-refractivity contribution in [2.75, 3.05) is 11.9 Å². The average molecular weight is 382 g/mol. The number of nitrogens with zero attached hydrogens (tertiary/aromatic N) is 2. The van der Waals surface area contributed by atoms with Crippen LogP contribution in [0.5, 0.6) is 0 Å². The maximum absolute atomic E-state index is 12.8. The summed E-state index contributed by atoms with van der Waals surface area (Å²) in [6, 6.07) is 24.6. The number of rotatable bonds is 4. The van der Waals surface area contributed by atoms with Crippen molar-refractivity contribution in [1.82, 2.24) is 14.9 Å². The molecule has 0 bridgehead atoms. The highest BCUT2D eigenvalue weighted by Crippen LogP contribution is 2.25. The Morgan fingerprint density at radius 3 is 2.66 bits per heavy atom. The molecule has 0 fully saturated rings. The van der Waals surface area contributed by atoms with Crippen molar-refractivity contribution in [2.24, 2.45) is 0 Å². The number of hydrogen-bond donors (Lipinski definition) is 2. The molecule has 3 aromatic carbocycles. The van der Waals surface area contributed by atoms with Gasteiger partial charge in [-0.15, -0.1) is 0 Å². The standard InChI is InChI=1S/C24H22N4O/c29-23-20-16-28(15-17-7-2-1-3-8-17)14-13-22(20)26-24(27-23)25-21-12-6-10-18-9-4-5-11-19(18)21/h1-12H,13-16H2,(H2,25,26,27,29). The van der Waals surface area contributed by atoms with E-state index in [4.69, 9.17) is 4.98 Å². The van der Waals surface area contributed by atoms with Gasteiger partial charge in [-0.25, -0.2) is 4.98 Å². The highest BCUT2D eigenvalue weighted by Gasteiger charge is 2.21. The van der Waals surface area contributed by atoms with E-state index in [0.29, 0.717) is 12.5 Å². The fourth-order valence-electron chi connectivity index (χ4n) is 3.98. The van der Waals surface area contributed by atoms with Crippen molar-refractivity contribution in [3.8, 4) is 0 Å². The number of H-pyrrole nitrogens is 1. The first kappa shape index (κ1) is 17.6. The Morgan fingerprint density at radius 2 is 1.76 bits per heavy atom. The first-order valence-electron chi connectivity index (χ1n) is 9.89. The van der Waals surface area contributed by atoms with E-state index >= 15 is 0 Å². The Morgan fingerprint density at radius 1 is 0.966 bits per heavy atom. The van der Waals surface area contributed by atoms with Gasteiger partial charge in [0, 0.05) is 37.1 Å². The van der Waals surface area contributed by atoms with Gasteiger partial charge in [-0.3, -0.25) is 14.7 Å². The molecule has 5 nitrogen and oxygen atoms in total. The third-order valence-electron chi connectivity index (χ3n) is 5.44. The molecule has 0 saturated heterocycles. The fraction of sp³-hybridized carbons (Fsp3) is 0.167. The summed E-state index contributed by atoms with van der Waals surface area (Å²) >= 11 is 0. The molecule has 5 rings (SSSR count). The molecule has 2 N–H and O–H groups in total. The maximum Gasteiger partial charge on any atom is 0.257 e. The second-order valence-corrected chi connectivity index (χ2v) is 7.44. The van der Waals surface area contributed by atoms with Crippen LogP contribution in [0.3, 0.4) is 0 Å². The second kappa shape index (κ2) is 7.53. The molecule has 4 aromatic rings. The Balaban J connectivity index is 1.40. The minimum Gasteiger partial charge on any atom is -0.325 e. The van der Waals surface area contributed by atoms with Crippen molar-refractivity contribution in [3.05, 3.63) is 100.0 Å². The SMILES string of the molecule is O=c1[nH]c(Nc2cccc3ccccc23)nc2c1CN(Cc1ccccc1)CC2. The van der Waals surface area contributed by atoms with E-state index < -0.39 is 0 Å². The van der Waals surface area contributed by atoms with E-state index in [-0.39, 0.29) is 5.56 Å². The van der Waals surface area contributed by atoms with Crippen LogP contribution in [0.1, 0.15) is 16.8 Å². The molecule has 0 amide bonds. The number of benzene rings is 3. The fourth-order valence-corrected chi connectivity index (χ4v) is 3.98. The molecule has 144 valence electrons. The minimum absolute atomic E-state index is 0.0597. The molecular formula is C24H22N4O. The Kier molecular flexibility index (Phi) is 4.58. The van der Waals surface area contributed by atoms with E-state index in [0.717, 1.165) is 47.2 Å². The predicted molar refractivity (Wildman–Crippen MR) is 116 cm³/mol. The molecule has 1 aromatic heterocycles. The van der Waals surface area contributed by atoms with Crippen LogP contribution in [0.25, 0.3) is 10.8 Å². The summed E-state index contributed by atoms with van der Waals surface area (Å²) in [6.07, 6.45) is 0.774. The molecule has 5 heteroatoms. The molecule has 0 atom stereocenters. The van der Waals surface area contributed by atoms with E-state index in [2.05, 4.69) is 45.5 Å². The second-order valence-electron chi connectivity index (χ2n) is 7.44. The number of anilines is 2. The van der Waals surface area contributed by atoms with Crippen LogP contribution in [0.2, 0.25) is 0 Å². The molecule has 0 spiro atoms. The Bertz CT molecular complexity index is 1210. The van der Waals surface area contributed by atoms with Gasteiger partial charge < -0.3 is 5.32 Å². The van der Waals surface area contributed by atoms with Gasteiger partial charge in [0.15, 0.2) is 0 Å². The van der Waals surface area contributed by atoms with E-state index in [1.807, 2.05) is 42.5 Å². The van der Waals surface area contributed by atoms with Gasteiger partial charge >= 0.3 is 0 Å². The molecule has 29 heavy (non-hydrogen) atoms. The van der Waals surface area contributed by atoms with Gasteiger partial charge in [-0.2, -0.15) is 0 Å². The lowest BCUT2D eigenvalue weighted by Gasteiger charge is -2.27. The minimum atomic E-state index is -0.0597. The van der Waals surface area contributed by atoms with Gasteiger partial charge in [0.05, 0.1) is 11.3 Å². The summed E-state index contributed by atoms with van der Waals surface area (Å²) in [5.74, 6) is 0.501. The van der Waals surface area contributed by atoms with Crippen LogP contribution >= 0.6 is 0 Å². The molecule has 2 heterocycles. The van der Waals surface area contributed by atoms with Crippen molar-refractivity contribution >= 4 is 22.4 Å². The number of fused-ring (bicyclic) bond motifs is 2. The molecular weight excluding hydrogens is 360 g/mol. The quantitative estimate of drug-likeness (QED) is 0.555. The van der Waals surface area contributed by atoms with Gasteiger partial charge in [0.1, 0.15) is 0 Å². The van der Waals surface area contributed by atoms with Gasteiger partial charge in [0.25, 0.3) is 5.56 Å². The van der Waals surface area contributed by atoms with Crippen LogP contribution in [0, 0.1) is 0 Å². The molecule has 1 aliphatic heterocycles. The lowest BCUT2D eigenvalue weighted by Crippen LogP contribution is -2.35. The summed E-state index contributed by atoms with van der Waals surface area (Å²) in [4.78, 5) is 22.7. The smallest absolute Gasteiger partial charge is 0.257 e. The van der Waals surface area contributed by atoms with Crippen LogP contribution in [0.4, 0.5) is 11.6 Å². The summed E-state index contributed by atoms with van der Waals surface area (Å²) < 4.78 is 0. The molecule has 0 aliphatic carbocycles. The van der Waals surface area contributed by atoms with Crippen molar-refractivity contribution < 1.29 is 0 Å². The van der Waals surface area contributed by atoms with Crippen LogP contribution in [0.15, 0.2) is 77.6 Å². The zero-order valence-corrected chi connectivity index (χ0v) is 16.1.